The van der Waals surface area contributed by atoms with Crippen molar-refractivity contribution >= 4 is 17.6 Å². The molecule has 1 aliphatic rings. The van der Waals surface area contributed by atoms with E-state index in [4.69, 9.17) is 5.11 Å². The molecular formula is C12H15N3O6. The number of aromatic nitrogens is 1. The molecule has 1 fully saturated rings. The van der Waals surface area contributed by atoms with Crippen molar-refractivity contribution < 1.29 is 24.4 Å². The molecule has 21 heavy (non-hydrogen) atoms. The van der Waals surface area contributed by atoms with Gasteiger partial charge in [-0.15, -0.1) is 0 Å². The maximum absolute atomic E-state index is 12.1. The number of methoxy groups -OCH3 is 1. The molecule has 1 aliphatic carbocycles. The molecule has 1 aromatic rings. The Kier molecular flexibility index (Phi) is 4.22. The van der Waals surface area contributed by atoms with Gasteiger partial charge in [-0.1, -0.05) is 0 Å². The molecule has 9 heteroatoms. The van der Waals surface area contributed by atoms with Gasteiger partial charge in [-0.3, -0.25) is 14.9 Å². The van der Waals surface area contributed by atoms with Gasteiger partial charge in [-0.2, -0.15) is 0 Å². The second-order valence-corrected chi connectivity index (χ2v) is 4.71. The first-order chi connectivity index (χ1) is 9.97. The van der Waals surface area contributed by atoms with E-state index in [1.54, 1.807) is 0 Å². The number of carbonyl (C=O) groups is 2. The molecule has 1 unspecified atom stereocenters. The van der Waals surface area contributed by atoms with E-state index in [2.05, 4.69) is 10.1 Å². The number of hydrogen-bond donors (Lipinski definition) is 2. The number of rotatable bonds is 6. The summed E-state index contributed by atoms with van der Waals surface area (Å²) in [5.74, 6) is -1.45. The first-order valence-electron chi connectivity index (χ1n) is 6.33. The second kappa shape index (κ2) is 5.92. The lowest BCUT2D eigenvalue weighted by Crippen LogP contribution is -2.44. The second-order valence-electron chi connectivity index (χ2n) is 4.71. The Morgan fingerprint density at radius 1 is 1.62 bits per heavy atom. The van der Waals surface area contributed by atoms with Crippen LogP contribution >= 0.6 is 0 Å². The first-order valence-corrected chi connectivity index (χ1v) is 6.33. The largest absolute Gasteiger partial charge is 0.467 e. The number of esters is 1. The Bertz CT molecular complexity index is 578. The van der Waals surface area contributed by atoms with Crippen LogP contribution in [0.25, 0.3) is 0 Å². The van der Waals surface area contributed by atoms with Gasteiger partial charge in [0.15, 0.2) is 6.04 Å². The normalized spacial score (nSPS) is 15.3. The van der Waals surface area contributed by atoms with Gasteiger partial charge in [0, 0.05) is 12.1 Å². The summed E-state index contributed by atoms with van der Waals surface area (Å²) in [6.45, 7) is -0.620. The number of aliphatic hydroxyl groups is 1. The molecule has 0 bridgehead atoms. The molecular weight excluding hydrogens is 282 g/mol. The maximum Gasteiger partial charge on any atom is 0.330 e. The molecule has 2 N–H and O–H groups in total. The molecule has 1 atom stereocenters. The number of nitrogens with zero attached hydrogens (tertiary/aromatic N) is 2. The van der Waals surface area contributed by atoms with Crippen molar-refractivity contribution in [1.82, 2.24) is 9.88 Å². The van der Waals surface area contributed by atoms with Crippen LogP contribution < -0.4 is 5.32 Å². The average molecular weight is 297 g/mol. The highest BCUT2D eigenvalue weighted by atomic mass is 16.6. The number of amides is 1. The van der Waals surface area contributed by atoms with Crippen LogP contribution in [0.3, 0.4) is 0 Å². The van der Waals surface area contributed by atoms with Crippen molar-refractivity contribution in [2.75, 3.05) is 13.7 Å². The van der Waals surface area contributed by atoms with E-state index in [9.17, 15) is 19.7 Å². The SMILES string of the molecule is COC(=O)C(CO)NC(=O)c1cc([N+](=O)[O-])cn1C1CC1. The molecule has 0 aliphatic heterocycles. The molecule has 1 saturated carbocycles. The topological polar surface area (TPSA) is 124 Å². The summed E-state index contributed by atoms with van der Waals surface area (Å²) in [6.07, 6.45) is 2.98. The van der Waals surface area contributed by atoms with E-state index >= 15 is 0 Å². The zero-order valence-corrected chi connectivity index (χ0v) is 11.3. The highest BCUT2D eigenvalue weighted by molar-refractivity contribution is 5.96. The van der Waals surface area contributed by atoms with Crippen LogP contribution in [0.1, 0.15) is 29.4 Å². The number of carbonyl (C=O) groups excluding carboxylic acids is 2. The molecule has 0 spiro atoms. The third-order valence-electron chi connectivity index (χ3n) is 3.19. The third kappa shape index (κ3) is 3.19. The van der Waals surface area contributed by atoms with Gasteiger partial charge in [-0.05, 0) is 12.8 Å². The summed E-state index contributed by atoms with van der Waals surface area (Å²) in [7, 11) is 1.13. The van der Waals surface area contributed by atoms with Crippen molar-refractivity contribution in [3.63, 3.8) is 0 Å². The molecule has 0 aromatic carbocycles. The third-order valence-corrected chi connectivity index (χ3v) is 3.19. The molecule has 114 valence electrons. The van der Waals surface area contributed by atoms with Crippen molar-refractivity contribution in [3.8, 4) is 0 Å². The van der Waals surface area contributed by atoms with Crippen molar-refractivity contribution in [1.29, 1.82) is 0 Å². The molecule has 2 rings (SSSR count). The Morgan fingerprint density at radius 3 is 2.76 bits per heavy atom. The van der Waals surface area contributed by atoms with Crippen LogP contribution in [-0.4, -0.2) is 46.2 Å². The fourth-order valence-electron chi connectivity index (χ4n) is 1.95. The van der Waals surface area contributed by atoms with Crippen LogP contribution in [-0.2, 0) is 9.53 Å². The Labute approximate surface area is 119 Å². The predicted octanol–water partition coefficient (Wildman–Crippen LogP) is -0.00510. The van der Waals surface area contributed by atoms with Gasteiger partial charge in [0.2, 0.25) is 0 Å². The van der Waals surface area contributed by atoms with Gasteiger partial charge in [0.25, 0.3) is 11.6 Å². The zero-order chi connectivity index (χ0) is 15.6. The van der Waals surface area contributed by atoms with E-state index in [1.807, 2.05) is 0 Å². The minimum atomic E-state index is -1.20. The fraction of sp³-hybridized carbons (Fsp3) is 0.500. The van der Waals surface area contributed by atoms with Gasteiger partial charge in [-0.25, -0.2) is 4.79 Å². The monoisotopic (exact) mass is 297 g/mol. The minimum absolute atomic E-state index is 0.0603. The molecule has 1 aromatic heterocycles. The highest BCUT2D eigenvalue weighted by Gasteiger charge is 2.31. The molecule has 0 saturated heterocycles. The summed E-state index contributed by atoms with van der Waals surface area (Å²) in [6, 6.07) is 0.00795. The minimum Gasteiger partial charge on any atom is -0.467 e. The summed E-state index contributed by atoms with van der Waals surface area (Å²) < 4.78 is 5.97. The summed E-state index contributed by atoms with van der Waals surface area (Å²) in [5, 5.41) is 22.2. The lowest BCUT2D eigenvalue weighted by Gasteiger charge is -2.14. The fourth-order valence-corrected chi connectivity index (χ4v) is 1.95. The van der Waals surface area contributed by atoms with E-state index in [1.165, 1.54) is 10.8 Å². The predicted molar refractivity (Wildman–Crippen MR) is 69.7 cm³/mol. The van der Waals surface area contributed by atoms with E-state index < -0.39 is 29.4 Å². The van der Waals surface area contributed by atoms with Crippen LogP contribution in [0.4, 0.5) is 5.69 Å². The smallest absolute Gasteiger partial charge is 0.330 e. The Morgan fingerprint density at radius 2 is 2.29 bits per heavy atom. The lowest BCUT2D eigenvalue weighted by molar-refractivity contribution is -0.384. The van der Waals surface area contributed by atoms with Gasteiger partial charge in [0.05, 0.1) is 24.8 Å². The maximum atomic E-state index is 12.1. The van der Waals surface area contributed by atoms with Crippen LogP contribution in [0.2, 0.25) is 0 Å². The number of nitro groups is 1. The van der Waals surface area contributed by atoms with Crippen molar-refractivity contribution in [2.45, 2.75) is 24.9 Å². The van der Waals surface area contributed by atoms with Crippen molar-refractivity contribution in [3.05, 3.63) is 28.1 Å². The number of aliphatic hydroxyl groups excluding tert-OH is 1. The Hall–Kier alpha value is -2.42. The van der Waals surface area contributed by atoms with E-state index in [0.29, 0.717) is 0 Å². The molecule has 9 nitrogen and oxygen atoms in total. The average Bonchev–Trinajstić information content (AvgIpc) is 3.21. The van der Waals surface area contributed by atoms with Crippen molar-refractivity contribution in [2.24, 2.45) is 0 Å². The summed E-state index contributed by atoms with van der Waals surface area (Å²) in [5.41, 5.74) is -0.0998. The molecule has 1 amide bonds. The van der Waals surface area contributed by atoms with Crippen LogP contribution in [0.15, 0.2) is 12.3 Å². The standard InChI is InChI=1S/C12H15N3O6/c1-21-12(18)9(6-16)13-11(17)10-4-8(15(19)20)5-14(10)7-2-3-7/h4-5,7,9,16H,2-3,6H2,1H3,(H,13,17). The number of nitrogens with one attached hydrogen (secondary N) is 1. The van der Waals surface area contributed by atoms with E-state index in [0.717, 1.165) is 26.0 Å². The van der Waals surface area contributed by atoms with Gasteiger partial charge in [0.1, 0.15) is 5.69 Å². The molecule has 1 heterocycles. The number of hydrogen-bond acceptors (Lipinski definition) is 6. The molecule has 0 radical (unpaired) electrons. The highest BCUT2D eigenvalue weighted by Crippen LogP contribution is 2.37. The zero-order valence-electron chi connectivity index (χ0n) is 11.3. The van der Waals surface area contributed by atoms with Gasteiger partial charge < -0.3 is 19.7 Å². The summed E-state index contributed by atoms with van der Waals surface area (Å²) >= 11 is 0. The first kappa shape index (κ1) is 15.0. The van der Waals surface area contributed by atoms with Crippen LogP contribution in [0, 0.1) is 10.1 Å². The Balaban J connectivity index is 2.21. The van der Waals surface area contributed by atoms with Gasteiger partial charge >= 0.3 is 5.97 Å². The quantitative estimate of drug-likeness (QED) is 0.432. The number of ether oxygens (including phenoxy) is 1. The summed E-state index contributed by atoms with van der Waals surface area (Å²) in [4.78, 5) is 33.7. The van der Waals surface area contributed by atoms with E-state index in [-0.39, 0.29) is 17.4 Å². The lowest BCUT2D eigenvalue weighted by atomic mass is 10.3. The van der Waals surface area contributed by atoms with Crippen LogP contribution in [0.5, 0.6) is 0 Å².